The first-order valence-electron chi connectivity index (χ1n) is 8.51. The summed E-state index contributed by atoms with van der Waals surface area (Å²) in [4.78, 5) is 14.8. The molecular weight excluding hydrogens is 378 g/mol. The fourth-order valence-electron chi connectivity index (χ4n) is 3.38. The maximum Gasteiger partial charge on any atom is 0.290 e. The van der Waals surface area contributed by atoms with Crippen molar-refractivity contribution in [1.82, 2.24) is 4.90 Å². The minimum absolute atomic E-state index is 0.00315. The lowest BCUT2D eigenvalue weighted by Crippen LogP contribution is -2.42. The van der Waals surface area contributed by atoms with Gasteiger partial charge in [0.25, 0.3) is 5.91 Å². The van der Waals surface area contributed by atoms with Crippen LogP contribution in [0, 0.1) is 6.92 Å². The number of methoxy groups -OCH3 is 1. The number of carbonyl (C=O) groups excluding carboxylic acids is 1. The Morgan fingerprint density at radius 1 is 1.42 bits per heavy atom. The monoisotopic (exact) mass is 399 g/mol. The number of aryl methyl sites for hydroxylation is 1. The molecule has 1 aromatic heterocycles. The summed E-state index contributed by atoms with van der Waals surface area (Å²) in [5, 5.41) is 1.36. The molecule has 0 spiro atoms. The number of hydrogen-bond donors (Lipinski definition) is 0. The highest BCUT2D eigenvalue weighted by molar-refractivity contribution is 7.91. The van der Waals surface area contributed by atoms with E-state index in [-0.39, 0.29) is 29.2 Å². The molecule has 3 rings (SSSR count). The molecule has 1 saturated heterocycles. The van der Waals surface area contributed by atoms with Crippen molar-refractivity contribution in [1.29, 1.82) is 0 Å². The third-order valence-corrected chi connectivity index (χ3v) is 6.74. The van der Waals surface area contributed by atoms with Gasteiger partial charge in [0.1, 0.15) is 5.58 Å². The summed E-state index contributed by atoms with van der Waals surface area (Å²) in [6, 6.07) is 4.88. The Bertz CT molecular complexity index is 921. The Morgan fingerprint density at radius 2 is 2.19 bits per heavy atom. The van der Waals surface area contributed by atoms with Gasteiger partial charge < -0.3 is 14.1 Å². The molecule has 0 saturated carbocycles. The Labute approximate surface area is 158 Å². The van der Waals surface area contributed by atoms with Gasteiger partial charge >= 0.3 is 0 Å². The van der Waals surface area contributed by atoms with Crippen molar-refractivity contribution in [2.75, 3.05) is 31.8 Å². The Morgan fingerprint density at radius 3 is 2.85 bits per heavy atom. The minimum Gasteiger partial charge on any atom is -0.451 e. The summed E-state index contributed by atoms with van der Waals surface area (Å²) in [6.45, 7) is 2.73. The van der Waals surface area contributed by atoms with Crippen LogP contribution in [0.3, 0.4) is 0 Å². The van der Waals surface area contributed by atoms with Crippen molar-refractivity contribution in [3.05, 3.63) is 34.5 Å². The molecule has 8 heteroatoms. The van der Waals surface area contributed by atoms with E-state index in [9.17, 15) is 13.2 Å². The molecule has 142 valence electrons. The van der Waals surface area contributed by atoms with Crippen LogP contribution >= 0.6 is 11.6 Å². The van der Waals surface area contributed by atoms with E-state index in [1.165, 1.54) is 0 Å². The highest BCUT2D eigenvalue weighted by atomic mass is 35.5. The van der Waals surface area contributed by atoms with Gasteiger partial charge in [0, 0.05) is 42.3 Å². The summed E-state index contributed by atoms with van der Waals surface area (Å²) < 4.78 is 34.6. The number of amides is 1. The van der Waals surface area contributed by atoms with Crippen LogP contribution < -0.4 is 0 Å². The molecular formula is C18H22ClNO5S. The third kappa shape index (κ3) is 3.89. The predicted molar refractivity (Wildman–Crippen MR) is 101 cm³/mol. The molecule has 1 amide bonds. The highest BCUT2D eigenvalue weighted by Crippen LogP contribution is 2.30. The van der Waals surface area contributed by atoms with Crippen molar-refractivity contribution < 1.29 is 22.4 Å². The number of benzene rings is 1. The van der Waals surface area contributed by atoms with Gasteiger partial charge in [-0.25, -0.2) is 8.42 Å². The molecule has 1 aliphatic heterocycles. The number of rotatable bonds is 6. The van der Waals surface area contributed by atoms with Gasteiger partial charge in [-0.05, 0) is 38.0 Å². The Hall–Kier alpha value is -1.57. The molecule has 1 atom stereocenters. The second-order valence-electron chi connectivity index (χ2n) is 6.60. The average molecular weight is 400 g/mol. The molecule has 1 aromatic carbocycles. The number of nitrogens with zero attached hydrogens (tertiary/aromatic N) is 1. The van der Waals surface area contributed by atoms with Crippen LogP contribution in [-0.2, 0) is 14.6 Å². The number of sulfone groups is 1. The largest absolute Gasteiger partial charge is 0.451 e. The average Bonchev–Trinajstić information content (AvgIpc) is 3.11. The summed E-state index contributed by atoms with van der Waals surface area (Å²) in [5.74, 6) is 0.0640. The van der Waals surface area contributed by atoms with Gasteiger partial charge in [-0.3, -0.25) is 4.79 Å². The van der Waals surface area contributed by atoms with Crippen LogP contribution in [0.15, 0.2) is 22.6 Å². The van der Waals surface area contributed by atoms with Crippen LogP contribution in [0.1, 0.15) is 29.0 Å². The van der Waals surface area contributed by atoms with Crippen LogP contribution in [0.25, 0.3) is 11.0 Å². The minimum atomic E-state index is -3.10. The van der Waals surface area contributed by atoms with E-state index in [0.717, 1.165) is 5.39 Å². The van der Waals surface area contributed by atoms with E-state index in [4.69, 9.17) is 20.8 Å². The number of furan rings is 1. The van der Waals surface area contributed by atoms with Crippen LogP contribution in [-0.4, -0.2) is 57.0 Å². The van der Waals surface area contributed by atoms with Crippen LogP contribution in [0.4, 0.5) is 0 Å². The van der Waals surface area contributed by atoms with E-state index in [1.807, 2.05) is 6.92 Å². The molecule has 0 aliphatic carbocycles. The number of fused-ring (bicyclic) bond motifs is 1. The lowest BCUT2D eigenvalue weighted by atomic mass is 10.1. The second kappa shape index (κ2) is 7.58. The lowest BCUT2D eigenvalue weighted by molar-refractivity contribution is 0.0643. The first-order chi connectivity index (χ1) is 12.3. The summed E-state index contributed by atoms with van der Waals surface area (Å²) in [5.41, 5.74) is 1.30. The second-order valence-corrected chi connectivity index (χ2v) is 9.26. The van der Waals surface area contributed by atoms with Gasteiger partial charge in [0.05, 0.1) is 11.5 Å². The third-order valence-electron chi connectivity index (χ3n) is 4.75. The maximum atomic E-state index is 13.2. The molecule has 0 N–H and O–H groups in total. The zero-order chi connectivity index (χ0) is 18.9. The van der Waals surface area contributed by atoms with Crippen LogP contribution in [0.2, 0.25) is 5.02 Å². The summed E-state index contributed by atoms with van der Waals surface area (Å²) in [6.07, 6.45) is 1.08. The number of hydrogen-bond acceptors (Lipinski definition) is 5. The molecule has 2 heterocycles. The molecule has 26 heavy (non-hydrogen) atoms. The van der Waals surface area contributed by atoms with Gasteiger partial charge in [-0.2, -0.15) is 0 Å². The quantitative estimate of drug-likeness (QED) is 0.697. The molecule has 1 unspecified atom stereocenters. The molecule has 1 fully saturated rings. The fourth-order valence-corrected chi connectivity index (χ4v) is 5.28. The van der Waals surface area contributed by atoms with E-state index < -0.39 is 9.84 Å². The first kappa shape index (κ1) is 19.2. The van der Waals surface area contributed by atoms with Crippen molar-refractivity contribution >= 4 is 38.3 Å². The zero-order valence-electron chi connectivity index (χ0n) is 14.8. The van der Waals surface area contributed by atoms with E-state index in [0.29, 0.717) is 42.2 Å². The van der Waals surface area contributed by atoms with Crippen molar-refractivity contribution in [2.45, 2.75) is 25.8 Å². The predicted octanol–water partition coefficient (Wildman–Crippen LogP) is 3.06. The summed E-state index contributed by atoms with van der Waals surface area (Å²) >= 11 is 6.04. The SMILES string of the molecule is COCCCN(C(=O)c1oc2ccc(Cl)cc2c1C)C1CCS(=O)(=O)C1. The molecule has 2 aromatic rings. The van der Waals surface area contributed by atoms with Crippen LogP contribution in [0.5, 0.6) is 0 Å². The Kier molecular flexibility index (Phi) is 5.60. The van der Waals surface area contributed by atoms with Gasteiger partial charge in [-0.15, -0.1) is 0 Å². The van der Waals surface area contributed by atoms with E-state index in [1.54, 1.807) is 30.2 Å². The zero-order valence-corrected chi connectivity index (χ0v) is 16.4. The topological polar surface area (TPSA) is 76.8 Å². The number of carbonyl (C=O) groups is 1. The first-order valence-corrected chi connectivity index (χ1v) is 10.7. The van der Waals surface area contributed by atoms with E-state index in [2.05, 4.69) is 0 Å². The standard InChI is InChI=1S/C18H22ClNO5S/c1-12-15-10-13(19)4-5-16(15)25-17(12)18(21)20(7-3-8-24-2)14-6-9-26(22,23)11-14/h4-5,10,14H,3,6-9,11H2,1-2H3. The molecule has 0 bridgehead atoms. The van der Waals surface area contributed by atoms with Crippen molar-refractivity contribution in [3.8, 4) is 0 Å². The maximum absolute atomic E-state index is 13.2. The summed E-state index contributed by atoms with van der Waals surface area (Å²) in [7, 11) is -1.50. The van der Waals surface area contributed by atoms with Gasteiger partial charge in [-0.1, -0.05) is 11.6 Å². The smallest absolute Gasteiger partial charge is 0.290 e. The molecule has 0 radical (unpaired) electrons. The lowest BCUT2D eigenvalue weighted by Gasteiger charge is -2.27. The van der Waals surface area contributed by atoms with E-state index >= 15 is 0 Å². The van der Waals surface area contributed by atoms with Crippen molar-refractivity contribution in [3.63, 3.8) is 0 Å². The van der Waals surface area contributed by atoms with Gasteiger partial charge in [0.2, 0.25) is 0 Å². The fraction of sp³-hybridized carbons (Fsp3) is 0.500. The highest BCUT2D eigenvalue weighted by Gasteiger charge is 2.36. The molecule has 1 aliphatic rings. The molecule has 6 nitrogen and oxygen atoms in total. The number of halogens is 1. The Balaban J connectivity index is 1.93. The van der Waals surface area contributed by atoms with Gasteiger partial charge in [0.15, 0.2) is 15.6 Å². The normalized spacial score (nSPS) is 19.1. The van der Waals surface area contributed by atoms with Crippen molar-refractivity contribution in [2.24, 2.45) is 0 Å². The number of ether oxygens (including phenoxy) is 1.